The molecule has 2 rings (SSSR count). The Morgan fingerprint density at radius 3 is 2.72 bits per heavy atom. The number of pyridine rings is 1. The van der Waals surface area contributed by atoms with Crippen molar-refractivity contribution in [3.8, 4) is 0 Å². The molecule has 1 fully saturated rings. The number of rotatable bonds is 3. The van der Waals surface area contributed by atoms with E-state index in [1.165, 1.54) is 16.0 Å². The first-order chi connectivity index (χ1) is 11.7. The summed E-state index contributed by atoms with van der Waals surface area (Å²) in [6, 6.07) is 3.33. The van der Waals surface area contributed by atoms with Gasteiger partial charge in [0.05, 0.1) is 11.9 Å². The fraction of sp³-hybridized carbons (Fsp3) is 0.588. The smallest absolute Gasteiger partial charge is 0.414 e. The van der Waals surface area contributed by atoms with E-state index in [1.54, 1.807) is 32.9 Å². The molecule has 0 aromatic carbocycles. The zero-order valence-electron chi connectivity index (χ0n) is 14.9. The number of carbonyl (C=O) groups is 2. The first kappa shape index (κ1) is 18.8. The number of piperidine rings is 1. The van der Waals surface area contributed by atoms with Crippen molar-refractivity contribution in [1.82, 2.24) is 9.88 Å². The van der Waals surface area contributed by atoms with Gasteiger partial charge < -0.3 is 20.5 Å². The molecule has 25 heavy (non-hydrogen) atoms. The van der Waals surface area contributed by atoms with Crippen LogP contribution in [0.2, 0.25) is 0 Å². The van der Waals surface area contributed by atoms with Gasteiger partial charge in [0.15, 0.2) is 0 Å². The number of carbonyl (C=O) groups excluding carboxylic acids is 1. The van der Waals surface area contributed by atoms with Gasteiger partial charge in [-0.3, -0.25) is 4.90 Å². The highest BCUT2D eigenvalue weighted by molar-refractivity contribution is 5.87. The summed E-state index contributed by atoms with van der Waals surface area (Å²) in [5.74, 6) is 0.400. The van der Waals surface area contributed by atoms with Gasteiger partial charge in [-0.25, -0.2) is 14.6 Å². The lowest BCUT2D eigenvalue weighted by atomic mass is 9.97. The molecule has 1 aliphatic heterocycles. The number of nitrogens with zero attached hydrogens (tertiary/aromatic N) is 3. The zero-order valence-corrected chi connectivity index (χ0v) is 14.9. The molecule has 8 heteroatoms. The quantitative estimate of drug-likeness (QED) is 0.867. The van der Waals surface area contributed by atoms with E-state index in [4.69, 9.17) is 10.5 Å². The molecular formula is C17H26N4O4. The van der Waals surface area contributed by atoms with Crippen LogP contribution in [-0.2, 0) is 4.74 Å². The van der Waals surface area contributed by atoms with Gasteiger partial charge in [0, 0.05) is 19.6 Å². The molecule has 3 N–H and O–H groups in total. The molecule has 1 atom stereocenters. The Balaban J connectivity index is 2.17. The van der Waals surface area contributed by atoms with Gasteiger partial charge in [0.2, 0.25) is 0 Å². The predicted octanol–water partition coefficient (Wildman–Crippen LogP) is 2.80. The third kappa shape index (κ3) is 5.51. The Hall–Kier alpha value is -2.51. The summed E-state index contributed by atoms with van der Waals surface area (Å²) in [5.41, 5.74) is 5.57. The van der Waals surface area contributed by atoms with Gasteiger partial charge in [0.1, 0.15) is 11.4 Å². The van der Waals surface area contributed by atoms with Crippen molar-refractivity contribution >= 4 is 23.7 Å². The van der Waals surface area contributed by atoms with Crippen LogP contribution in [0.1, 0.15) is 33.6 Å². The van der Waals surface area contributed by atoms with E-state index in [1.807, 2.05) is 0 Å². The van der Waals surface area contributed by atoms with Crippen LogP contribution < -0.4 is 10.6 Å². The predicted molar refractivity (Wildman–Crippen MR) is 94.6 cm³/mol. The molecule has 138 valence electrons. The molecule has 0 radical (unpaired) electrons. The number of nitrogens with two attached hydrogens (primary N) is 1. The van der Waals surface area contributed by atoms with Gasteiger partial charge in [-0.15, -0.1) is 0 Å². The molecule has 1 saturated heterocycles. The molecule has 1 aromatic heterocycles. The summed E-state index contributed by atoms with van der Waals surface area (Å²) >= 11 is 0. The second-order valence-electron chi connectivity index (χ2n) is 7.27. The van der Waals surface area contributed by atoms with Crippen LogP contribution in [0, 0.1) is 5.92 Å². The van der Waals surface area contributed by atoms with E-state index >= 15 is 0 Å². The van der Waals surface area contributed by atoms with Crippen molar-refractivity contribution in [1.29, 1.82) is 0 Å². The highest BCUT2D eigenvalue weighted by atomic mass is 16.6. The third-order valence-electron chi connectivity index (χ3n) is 3.93. The fourth-order valence-corrected chi connectivity index (χ4v) is 2.81. The van der Waals surface area contributed by atoms with Crippen molar-refractivity contribution in [3.63, 3.8) is 0 Å². The number of likely N-dealkylation sites (tertiary alicyclic amines) is 1. The number of ether oxygens (including phenoxy) is 1. The molecule has 0 saturated carbocycles. The van der Waals surface area contributed by atoms with Gasteiger partial charge in [-0.05, 0) is 51.7 Å². The number of hydrogen-bond acceptors (Lipinski definition) is 5. The van der Waals surface area contributed by atoms with Crippen molar-refractivity contribution < 1.29 is 19.4 Å². The lowest BCUT2D eigenvalue weighted by molar-refractivity contribution is 0.0567. The van der Waals surface area contributed by atoms with Crippen LogP contribution in [0.4, 0.5) is 21.1 Å². The molecular weight excluding hydrogens is 324 g/mol. The van der Waals surface area contributed by atoms with E-state index in [2.05, 4.69) is 4.98 Å². The van der Waals surface area contributed by atoms with Crippen LogP contribution >= 0.6 is 0 Å². The van der Waals surface area contributed by atoms with Crippen LogP contribution in [0.15, 0.2) is 18.3 Å². The maximum atomic E-state index is 12.6. The molecule has 1 aromatic rings. The minimum atomic E-state index is -0.928. The summed E-state index contributed by atoms with van der Waals surface area (Å²) < 4.78 is 5.50. The topological polar surface area (TPSA) is 109 Å². The third-order valence-corrected chi connectivity index (χ3v) is 3.93. The van der Waals surface area contributed by atoms with Crippen molar-refractivity contribution in [2.75, 3.05) is 30.3 Å². The normalized spacial score (nSPS) is 17.9. The molecule has 2 amide bonds. The second kappa shape index (κ2) is 7.58. The lowest BCUT2D eigenvalue weighted by Gasteiger charge is -2.35. The Bertz CT molecular complexity index is 612. The van der Waals surface area contributed by atoms with E-state index in [9.17, 15) is 14.7 Å². The first-order valence-corrected chi connectivity index (χ1v) is 8.35. The molecule has 0 bridgehead atoms. The minimum absolute atomic E-state index is 0.0370. The summed E-state index contributed by atoms with van der Waals surface area (Å²) in [6.45, 7) is 6.70. The summed E-state index contributed by atoms with van der Waals surface area (Å²) in [7, 11) is 0. The molecule has 1 unspecified atom stereocenters. The summed E-state index contributed by atoms with van der Waals surface area (Å²) in [6.07, 6.45) is 1.75. The molecule has 0 spiro atoms. The first-order valence-electron chi connectivity index (χ1n) is 8.35. The number of aromatic nitrogens is 1. The number of anilines is 2. The Morgan fingerprint density at radius 1 is 1.44 bits per heavy atom. The molecule has 1 aliphatic rings. The maximum absolute atomic E-state index is 12.6. The Morgan fingerprint density at radius 2 is 2.16 bits per heavy atom. The van der Waals surface area contributed by atoms with Gasteiger partial charge in [-0.2, -0.15) is 0 Å². The second-order valence-corrected chi connectivity index (χ2v) is 7.27. The van der Waals surface area contributed by atoms with Crippen molar-refractivity contribution in [3.05, 3.63) is 18.3 Å². The van der Waals surface area contributed by atoms with Crippen LogP contribution in [0.5, 0.6) is 0 Å². The van der Waals surface area contributed by atoms with Crippen molar-refractivity contribution in [2.45, 2.75) is 39.2 Å². The van der Waals surface area contributed by atoms with Crippen LogP contribution in [0.3, 0.4) is 0 Å². The highest BCUT2D eigenvalue weighted by Crippen LogP contribution is 2.24. The highest BCUT2D eigenvalue weighted by Gasteiger charge is 2.29. The average molecular weight is 350 g/mol. The largest absolute Gasteiger partial charge is 0.465 e. The van der Waals surface area contributed by atoms with Crippen LogP contribution in [-0.4, -0.2) is 52.4 Å². The number of hydrogen-bond donors (Lipinski definition) is 2. The van der Waals surface area contributed by atoms with Gasteiger partial charge >= 0.3 is 12.2 Å². The van der Waals surface area contributed by atoms with E-state index in [0.29, 0.717) is 31.1 Å². The number of amides is 2. The molecule has 8 nitrogen and oxygen atoms in total. The number of carboxylic acid groups (broad SMARTS) is 1. The maximum Gasteiger partial charge on any atom is 0.414 e. The van der Waals surface area contributed by atoms with E-state index < -0.39 is 17.8 Å². The molecule has 2 heterocycles. The standard InChI is InChI=1S/C17H26N4O4/c1-17(2,3)25-16(24)21(13-6-7-14(18)19-9-13)11-12-5-4-8-20(10-12)15(22)23/h6-7,9,12H,4-5,8,10-11H2,1-3H3,(H2,18,19)(H,22,23). The van der Waals surface area contributed by atoms with E-state index in [-0.39, 0.29) is 5.92 Å². The summed E-state index contributed by atoms with van der Waals surface area (Å²) in [4.78, 5) is 30.8. The van der Waals surface area contributed by atoms with Crippen LogP contribution in [0.25, 0.3) is 0 Å². The minimum Gasteiger partial charge on any atom is -0.465 e. The Labute approximate surface area is 147 Å². The summed E-state index contributed by atoms with van der Waals surface area (Å²) in [5, 5.41) is 9.20. The zero-order chi connectivity index (χ0) is 18.6. The molecule has 0 aliphatic carbocycles. The van der Waals surface area contributed by atoms with E-state index in [0.717, 1.165) is 12.8 Å². The van der Waals surface area contributed by atoms with Crippen molar-refractivity contribution in [2.24, 2.45) is 5.92 Å². The monoisotopic (exact) mass is 350 g/mol. The average Bonchev–Trinajstić information content (AvgIpc) is 2.52. The fourth-order valence-electron chi connectivity index (χ4n) is 2.81. The number of nitrogen functional groups attached to an aromatic ring is 1. The Kier molecular flexibility index (Phi) is 5.71. The van der Waals surface area contributed by atoms with Gasteiger partial charge in [0.25, 0.3) is 0 Å². The SMILES string of the molecule is CC(C)(C)OC(=O)N(CC1CCCN(C(=O)O)C1)c1ccc(N)nc1. The van der Waals surface area contributed by atoms with Gasteiger partial charge in [-0.1, -0.05) is 0 Å². The lowest BCUT2D eigenvalue weighted by Crippen LogP contribution is -2.46.